The first kappa shape index (κ1) is 8.38. The third-order valence-electron chi connectivity index (χ3n) is 2.34. The van der Waals surface area contributed by atoms with Crippen LogP contribution in [0, 0.1) is 0 Å². The normalized spacial score (nSPS) is 18.5. The first-order valence-electron chi connectivity index (χ1n) is 4.44. The van der Waals surface area contributed by atoms with Crippen molar-refractivity contribution in [2.75, 3.05) is 0 Å². The van der Waals surface area contributed by atoms with Crippen molar-refractivity contribution in [3.8, 4) is 0 Å². The predicted octanol–water partition coefficient (Wildman–Crippen LogP) is 2.74. The van der Waals surface area contributed by atoms with E-state index < -0.39 is 0 Å². The predicted molar refractivity (Wildman–Crippen MR) is 49.1 cm³/mol. The Morgan fingerprint density at radius 3 is 2.55 bits per heavy atom. The highest BCUT2D eigenvalue weighted by atomic mass is 14.6. The number of allylic oxidation sites excluding steroid dienone is 4. The minimum absolute atomic E-state index is 1.05. The summed E-state index contributed by atoms with van der Waals surface area (Å²) >= 11 is 0. The summed E-state index contributed by atoms with van der Waals surface area (Å²) in [6, 6.07) is 0. The Bertz CT molecular complexity index is 199. The number of rotatable bonds is 2. The summed E-state index contributed by atoms with van der Waals surface area (Å²) in [4.78, 5) is 0. The van der Waals surface area contributed by atoms with Crippen LogP contribution in [0.1, 0.15) is 39.5 Å². The van der Waals surface area contributed by atoms with Gasteiger partial charge in [0.2, 0.25) is 0 Å². The Hall–Kier alpha value is -0.720. The van der Waals surface area contributed by atoms with E-state index in [1.165, 1.54) is 18.4 Å². The molecule has 0 saturated heterocycles. The third-order valence-corrected chi connectivity index (χ3v) is 2.34. The maximum Gasteiger partial charge on any atom is 0.00864 e. The lowest BCUT2D eigenvalue weighted by Crippen LogP contribution is -2.05. The van der Waals surface area contributed by atoms with E-state index in [0.717, 1.165) is 18.5 Å². The number of hydrogen-bond acceptors (Lipinski definition) is 1. The lowest BCUT2D eigenvalue weighted by Gasteiger charge is -2.16. The Morgan fingerprint density at radius 2 is 2.00 bits per heavy atom. The van der Waals surface area contributed by atoms with Gasteiger partial charge in [-0.3, -0.25) is 0 Å². The fourth-order valence-electron chi connectivity index (χ4n) is 1.61. The van der Waals surface area contributed by atoms with Crippen LogP contribution in [0.2, 0.25) is 0 Å². The van der Waals surface area contributed by atoms with Gasteiger partial charge >= 0.3 is 0 Å². The van der Waals surface area contributed by atoms with Gasteiger partial charge in [0, 0.05) is 5.70 Å². The van der Waals surface area contributed by atoms with Crippen LogP contribution in [-0.2, 0) is 0 Å². The Kier molecular flexibility index (Phi) is 2.75. The molecule has 11 heavy (non-hydrogen) atoms. The molecule has 0 atom stereocenters. The molecule has 0 aliphatic heterocycles. The lowest BCUT2D eigenvalue weighted by atomic mass is 9.92. The summed E-state index contributed by atoms with van der Waals surface area (Å²) in [6.45, 7) is 4.42. The van der Waals surface area contributed by atoms with Crippen LogP contribution >= 0.6 is 0 Å². The van der Waals surface area contributed by atoms with E-state index in [-0.39, 0.29) is 0 Å². The average molecular weight is 151 g/mol. The van der Waals surface area contributed by atoms with Gasteiger partial charge < -0.3 is 5.73 Å². The molecule has 0 fully saturated rings. The molecule has 0 unspecified atom stereocenters. The van der Waals surface area contributed by atoms with E-state index in [1.807, 2.05) is 0 Å². The molecule has 0 aromatic rings. The lowest BCUT2D eigenvalue weighted by molar-refractivity contribution is 0.815. The molecule has 0 saturated carbocycles. The highest BCUT2D eigenvalue weighted by Crippen LogP contribution is 2.25. The van der Waals surface area contributed by atoms with Crippen molar-refractivity contribution in [2.24, 2.45) is 5.73 Å². The van der Waals surface area contributed by atoms with Crippen LogP contribution < -0.4 is 5.73 Å². The van der Waals surface area contributed by atoms with Crippen molar-refractivity contribution in [2.45, 2.75) is 39.5 Å². The van der Waals surface area contributed by atoms with E-state index in [1.54, 1.807) is 5.57 Å². The highest BCUT2D eigenvalue weighted by Gasteiger charge is 2.07. The van der Waals surface area contributed by atoms with Crippen LogP contribution in [0.4, 0.5) is 0 Å². The molecule has 1 aliphatic carbocycles. The molecule has 62 valence electrons. The van der Waals surface area contributed by atoms with Crippen molar-refractivity contribution >= 4 is 0 Å². The number of nitrogens with two attached hydrogens (primary N) is 1. The van der Waals surface area contributed by atoms with Gasteiger partial charge in [0.05, 0.1) is 0 Å². The minimum atomic E-state index is 1.05. The quantitative estimate of drug-likeness (QED) is 0.645. The molecule has 1 aliphatic rings. The highest BCUT2D eigenvalue weighted by molar-refractivity contribution is 5.32. The molecule has 0 bridgehead atoms. The SMILES string of the molecule is CCC1=C(CC)CCC(N)=C1. The summed E-state index contributed by atoms with van der Waals surface area (Å²) < 4.78 is 0. The molecular formula is C10H17N. The monoisotopic (exact) mass is 151 g/mol. The fourth-order valence-corrected chi connectivity index (χ4v) is 1.61. The average Bonchev–Trinajstić information content (AvgIpc) is 2.04. The van der Waals surface area contributed by atoms with E-state index >= 15 is 0 Å². The molecular weight excluding hydrogens is 134 g/mol. The summed E-state index contributed by atoms with van der Waals surface area (Å²) in [7, 11) is 0. The van der Waals surface area contributed by atoms with Gasteiger partial charge in [-0.2, -0.15) is 0 Å². The van der Waals surface area contributed by atoms with E-state index in [4.69, 9.17) is 5.73 Å². The minimum Gasteiger partial charge on any atom is -0.402 e. The zero-order valence-electron chi connectivity index (χ0n) is 7.48. The first-order chi connectivity index (χ1) is 5.27. The van der Waals surface area contributed by atoms with Crippen LogP contribution in [0.15, 0.2) is 22.9 Å². The molecule has 1 rings (SSSR count). The van der Waals surface area contributed by atoms with Gasteiger partial charge in [0.1, 0.15) is 0 Å². The molecule has 0 heterocycles. The number of hydrogen-bond donors (Lipinski definition) is 1. The van der Waals surface area contributed by atoms with E-state index in [9.17, 15) is 0 Å². The molecule has 1 heteroatoms. The maximum absolute atomic E-state index is 5.74. The van der Waals surface area contributed by atoms with E-state index in [2.05, 4.69) is 19.9 Å². The van der Waals surface area contributed by atoms with Gasteiger partial charge in [-0.1, -0.05) is 19.4 Å². The second-order valence-electron chi connectivity index (χ2n) is 3.06. The van der Waals surface area contributed by atoms with Crippen LogP contribution in [0.5, 0.6) is 0 Å². The maximum atomic E-state index is 5.74. The standard InChI is InChI=1S/C10H17N/c1-3-8-5-6-10(11)7-9(8)4-2/h7H,3-6,11H2,1-2H3. The molecule has 0 aromatic heterocycles. The topological polar surface area (TPSA) is 26.0 Å². The molecule has 0 radical (unpaired) electrons. The zero-order valence-corrected chi connectivity index (χ0v) is 7.48. The van der Waals surface area contributed by atoms with Crippen molar-refractivity contribution in [3.05, 3.63) is 22.9 Å². The van der Waals surface area contributed by atoms with Crippen molar-refractivity contribution < 1.29 is 0 Å². The Balaban J connectivity index is 2.83. The van der Waals surface area contributed by atoms with Gasteiger partial charge in [-0.15, -0.1) is 0 Å². The van der Waals surface area contributed by atoms with Gasteiger partial charge in [-0.25, -0.2) is 0 Å². The van der Waals surface area contributed by atoms with Crippen LogP contribution in [0.3, 0.4) is 0 Å². The Labute approximate surface area is 69.0 Å². The van der Waals surface area contributed by atoms with Crippen LogP contribution in [0.25, 0.3) is 0 Å². The van der Waals surface area contributed by atoms with Crippen molar-refractivity contribution in [1.82, 2.24) is 0 Å². The molecule has 2 N–H and O–H groups in total. The van der Waals surface area contributed by atoms with Crippen LogP contribution in [-0.4, -0.2) is 0 Å². The summed E-state index contributed by atoms with van der Waals surface area (Å²) in [5, 5.41) is 0. The second-order valence-corrected chi connectivity index (χ2v) is 3.06. The Morgan fingerprint density at radius 1 is 1.27 bits per heavy atom. The summed E-state index contributed by atoms with van der Waals surface area (Å²) in [5.41, 5.74) is 9.87. The van der Waals surface area contributed by atoms with Crippen molar-refractivity contribution in [1.29, 1.82) is 0 Å². The molecule has 1 nitrogen and oxygen atoms in total. The fraction of sp³-hybridized carbons (Fsp3) is 0.600. The summed E-state index contributed by atoms with van der Waals surface area (Å²) in [6.07, 6.45) is 6.72. The van der Waals surface area contributed by atoms with Gasteiger partial charge in [-0.05, 0) is 37.3 Å². The largest absolute Gasteiger partial charge is 0.402 e. The second kappa shape index (κ2) is 3.61. The molecule has 0 spiro atoms. The van der Waals surface area contributed by atoms with E-state index in [0.29, 0.717) is 0 Å². The smallest absolute Gasteiger partial charge is 0.00864 e. The summed E-state index contributed by atoms with van der Waals surface area (Å²) in [5.74, 6) is 0. The third kappa shape index (κ3) is 1.86. The van der Waals surface area contributed by atoms with Crippen molar-refractivity contribution in [3.63, 3.8) is 0 Å². The zero-order chi connectivity index (χ0) is 8.27. The first-order valence-corrected chi connectivity index (χ1v) is 4.44. The van der Waals surface area contributed by atoms with Gasteiger partial charge in [0.15, 0.2) is 0 Å². The molecule has 0 aromatic carbocycles. The van der Waals surface area contributed by atoms with Gasteiger partial charge in [0.25, 0.3) is 0 Å². The molecule has 0 amide bonds.